The second-order valence-corrected chi connectivity index (χ2v) is 19.5. The average Bonchev–Trinajstić information content (AvgIpc) is 3.22. The Morgan fingerprint density at radius 3 is 0.817 bits per heavy atom. The summed E-state index contributed by atoms with van der Waals surface area (Å²) in [5.41, 5.74) is 0. The largest absolute Gasteiger partial charge is 0.462 e. The first-order valence-corrected chi connectivity index (χ1v) is 26.7. The van der Waals surface area contributed by atoms with Crippen molar-refractivity contribution in [2.24, 2.45) is 11.8 Å². The molecule has 0 N–H and O–H groups in total. The maximum absolute atomic E-state index is 12.8. The molecule has 0 rings (SSSR count). The summed E-state index contributed by atoms with van der Waals surface area (Å²) in [6.45, 7) is 11.4. The first-order chi connectivity index (χ1) is 29.2. The van der Waals surface area contributed by atoms with Crippen molar-refractivity contribution in [2.45, 2.75) is 304 Å². The van der Waals surface area contributed by atoms with Crippen LogP contribution in [0, 0.1) is 11.8 Å². The smallest absolute Gasteiger partial charge is 0.306 e. The van der Waals surface area contributed by atoms with E-state index in [0.29, 0.717) is 19.3 Å². The predicted molar refractivity (Wildman–Crippen MR) is 256 cm³/mol. The highest BCUT2D eigenvalue weighted by Crippen LogP contribution is 2.18. The molecule has 356 valence electrons. The topological polar surface area (TPSA) is 78.9 Å². The van der Waals surface area contributed by atoms with E-state index < -0.39 is 6.10 Å². The number of unbranched alkanes of at least 4 members (excludes halogenated alkanes) is 33. The summed E-state index contributed by atoms with van der Waals surface area (Å²) in [6.07, 6.45) is 48.0. The number of hydrogen-bond donors (Lipinski definition) is 0. The van der Waals surface area contributed by atoms with Gasteiger partial charge in [0.15, 0.2) is 6.10 Å². The lowest BCUT2D eigenvalue weighted by Gasteiger charge is -2.18. The number of carbonyl (C=O) groups excluding carboxylic acids is 3. The average molecular weight is 849 g/mol. The Morgan fingerprint density at radius 1 is 0.317 bits per heavy atom. The molecular weight excluding hydrogens is 745 g/mol. The summed E-state index contributed by atoms with van der Waals surface area (Å²) >= 11 is 0. The van der Waals surface area contributed by atoms with Crippen molar-refractivity contribution in [3.05, 3.63) is 0 Å². The molecule has 0 spiro atoms. The molecule has 0 aromatic carbocycles. The molecule has 0 fully saturated rings. The number of esters is 3. The minimum atomic E-state index is -0.761. The maximum atomic E-state index is 12.8. The van der Waals surface area contributed by atoms with Crippen molar-refractivity contribution in [3.8, 4) is 0 Å². The highest BCUT2D eigenvalue weighted by atomic mass is 16.6. The monoisotopic (exact) mass is 849 g/mol. The third-order valence-corrected chi connectivity index (χ3v) is 12.2. The summed E-state index contributed by atoms with van der Waals surface area (Å²) in [5.74, 6) is 0.827. The van der Waals surface area contributed by atoms with Gasteiger partial charge in [0.05, 0.1) is 0 Å². The van der Waals surface area contributed by atoms with Crippen LogP contribution in [0.3, 0.4) is 0 Å². The molecule has 0 amide bonds. The molecule has 0 bridgehead atoms. The van der Waals surface area contributed by atoms with Crippen LogP contribution in [-0.4, -0.2) is 37.2 Å². The van der Waals surface area contributed by atoms with E-state index in [-0.39, 0.29) is 31.1 Å². The minimum absolute atomic E-state index is 0.0634. The van der Waals surface area contributed by atoms with E-state index in [9.17, 15) is 14.4 Å². The fraction of sp³-hybridized carbons (Fsp3) is 0.944. The first kappa shape index (κ1) is 58.4. The van der Waals surface area contributed by atoms with Crippen LogP contribution >= 0.6 is 0 Å². The van der Waals surface area contributed by atoms with Gasteiger partial charge < -0.3 is 14.2 Å². The molecule has 0 aliphatic carbocycles. The Bertz CT molecular complexity index is 916. The molecular formula is C54H104O6. The Kier molecular flexibility index (Phi) is 45.7. The summed E-state index contributed by atoms with van der Waals surface area (Å²) in [5, 5.41) is 0. The second-order valence-electron chi connectivity index (χ2n) is 19.5. The lowest BCUT2D eigenvalue weighted by molar-refractivity contribution is -0.167. The zero-order valence-electron chi connectivity index (χ0n) is 41.1. The Labute approximate surface area is 374 Å². The van der Waals surface area contributed by atoms with E-state index in [1.165, 1.54) is 186 Å². The minimum Gasteiger partial charge on any atom is -0.462 e. The first-order valence-electron chi connectivity index (χ1n) is 26.7. The van der Waals surface area contributed by atoms with Gasteiger partial charge in [0, 0.05) is 19.3 Å². The van der Waals surface area contributed by atoms with Crippen molar-refractivity contribution < 1.29 is 28.6 Å². The van der Waals surface area contributed by atoms with Gasteiger partial charge in [-0.05, 0) is 31.1 Å². The van der Waals surface area contributed by atoms with Gasteiger partial charge in [0.25, 0.3) is 0 Å². The lowest BCUT2D eigenvalue weighted by Crippen LogP contribution is -2.30. The molecule has 0 aromatic heterocycles. The van der Waals surface area contributed by atoms with Crippen LogP contribution in [0.25, 0.3) is 0 Å². The fourth-order valence-corrected chi connectivity index (χ4v) is 8.17. The highest BCUT2D eigenvalue weighted by Gasteiger charge is 2.19. The molecule has 0 heterocycles. The Hall–Kier alpha value is -1.59. The van der Waals surface area contributed by atoms with Crippen molar-refractivity contribution >= 4 is 17.9 Å². The van der Waals surface area contributed by atoms with E-state index in [1.807, 2.05) is 0 Å². The van der Waals surface area contributed by atoms with E-state index in [2.05, 4.69) is 34.6 Å². The maximum Gasteiger partial charge on any atom is 0.306 e. The van der Waals surface area contributed by atoms with E-state index in [4.69, 9.17) is 14.2 Å². The molecule has 0 unspecified atom stereocenters. The van der Waals surface area contributed by atoms with Crippen LogP contribution in [0.2, 0.25) is 0 Å². The number of hydrogen-bond acceptors (Lipinski definition) is 6. The summed E-state index contributed by atoms with van der Waals surface area (Å²) < 4.78 is 16.8. The normalized spacial score (nSPS) is 12.1. The number of ether oxygens (including phenoxy) is 3. The van der Waals surface area contributed by atoms with Crippen LogP contribution in [0.4, 0.5) is 0 Å². The second kappa shape index (κ2) is 46.9. The van der Waals surface area contributed by atoms with Crippen molar-refractivity contribution in [2.75, 3.05) is 13.2 Å². The molecule has 0 radical (unpaired) electrons. The van der Waals surface area contributed by atoms with E-state index >= 15 is 0 Å². The van der Waals surface area contributed by atoms with E-state index in [0.717, 1.165) is 69.6 Å². The molecule has 0 aliphatic heterocycles. The molecule has 0 saturated heterocycles. The van der Waals surface area contributed by atoms with Gasteiger partial charge >= 0.3 is 17.9 Å². The van der Waals surface area contributed by atoms with Gasteiger partial charge in [0.1, 0.15) is 13.2 Å². The summed E-state index contributed by atoms with van der Waals surface area (Å²) in [7, 11) is 0. The van der Waals surface area contributed by atoms with Crippen molar-refractivity contribution in [1.82, 2.24) is 0 Å². The standard InChI is InChI=1S/C54H104O6/c1-6-7-8-9-10-11-24-29-34-39-44-52(55)58-47-51(60-54(57)46-41-36-31-26-21-17-19-23-28-33-38-43-50(4)5)48-59-53(56)45-40-35-30-25-20-16-14-12-13-15-18-22-27-32-37-42-49(2)3/h49-51H,6-48H2,1-5H3/t51-/m0/s1. The van der Waals surface area contributed by atoms with Crippen LogP contribution in [0.1, 0.15) is 298 Å². The molecule has 0 saturated carbocycles. The Morgan fingerprint density at radius 2 is 0.550 bits per heavy atom. The molecule has 0 aromatic rings. The third kappa shape index (κ3) is 47.5. The number of rotatable bonds is 48. The van der Waals surface area contributed by atoms with Gasteiger partial charge in [-0.25, -0.2) is 0 Å². The molecule has 1 atom stereocenters. The zero-order chi connectivity index (χ0) is 44.0. The molecule has 60 heavy (non-hydrogen) atoms. The van der Waals surface area contributed by atoms with Crippen LogP contribution in [0.15, 0.2) is 0 Å². The highest BCUT2D eigenvalue weighted by molar-refractivity contribution is 5.71. The molecule has 6 heteroatoms. The molecule has 0 aliphatic rings. The predicted octanol–water partition coefficient (Wildman–Crippen LogP) is 17.3. The fourth-order valence-electron chi connectivity index (χ4n) is 8.17. The van der Waals surface area contributed by atoms with Gasteiger partial charge in [-0.15, -0.1) is 0 Å². The zero-order valence-corrected chi connectivity index (χ0v) is 41.1. The quantitative estimate of drug-likeness (QED) is 0.0345. The van der Waals surface area contributed by atoms with Gasteiger partial charge in [-0.1, -0.05) is 259 Å². The molecule has 6 nitrogen and oxygen atoms in total. The van der Waals surface area contributed by atoms with Gasteiger partial charge in [-0.2, -0.15) is 0 Å². The van der Waals surface area contributed by atoms with Crippen LogP contribution < -0.4 is 0 Å². The van der Waals surface area contributed by atoms with Crippen LogP contribution in [0.5, 0.6) is 0 Å². The van der Waals surface area contributed by atoms with Gasteiger partial charge in [-0.3, -0.25) is 14.4 Å². The number of carbonyl (C=O) groups is 3. The Balaban J connectivity index is 4.26. The van der Waals surface area contributed by atoms with Crippen molar-refractivity contribution in [1.29, 1.82) is 0 Å². The van der Waals surface area contributed by atoms with E-state index in [1.54, 1.807) is 0 Å². The SMILES string of the molecule is CCCCCCCCCCCCC(=O)OC[C@@H](COC(=O)CCCCCCCCCCCCCCCCCC(C)C)OC(=O)CCCCCCCCCCCCCC(C)C. The third-order valence-electron chi connectivity index (χ3n) is 12.2. The van der Waals surface area contributed by atoms with Gasteiger partial charge in [0.2, 0.25) is 0 Å². The lowest BCUT2D eigenvalue weighted by atomic mass is 10.0. The summed E-state index contributed by atoms with van der Waals surface area (Å²) in [4.78, 5) is 37.9. The van der Waals surface area contributed by atoms with Crippen LogP contribution in [-0.2, 0) is 28.6 Å². The van der Waals surface area contributed by atoms with Crippen molar-refractivity contribution in [3.63, 3.8) is 0 Å². The summed E-state index contributed by atoms with van der Waals surface area (Å²) in [6, 6.07) is 0.